The van der Waals surface area contributed by atoms with Crippen molar-refractivity contribution in [2.45, 2.75) is 25.3 Å². The summed E-state index contributed by atoms with van der Waals surface area (Å²) in [6, 6.07) is 19.2. The molecule has 6 rings (SSSR count). The van der Waals surface area contributed by atoms with E-state index in [1.54, 1.807) is 17.0 Å². The molecule has 10 heteroatoms. The minimum atomic E-state index is -0.831. The van der Waals surface area contributed by atoms with Crippen molar-refractivity contribution in [3.05, 3.63) is 94.9 Å². The van der Waals surface area contributed by atoms with Crippen LogP contribution in [0.1, 0.15) is 24.0 Å². The van der Waals surface area contributed by atoms with Crippen LogP contribution in [0, 0.1) is 11.7 Å². The normalized spacial score (nSPS) is 18.2. The zero-order valence-corrected chi connectivity index (χ0v) is 26.7. The standard InChI is InChI=1S/C35H40ClFN6O2/c1-23(28-20-38-30-10-6-4-8-27(28)30)33(39-35(45)42-16-14-41(15-17-42)32-11-7-5-9-29(32)37)34(44)43-22-24(21-40(2)3)18-25-19-26(36)12-13-31(25)43/h4-13,19-20,23-24,33,38H,14-18,21-22H2,1-3H3,(H,39,45)/t23?,24-,33?/m1/s1. The van der Waals surface area contributed by atoms with E-state index in [1.807, 2.05) is 85.5 Å². The average molecular weight is 631 g/mol. The Bertz CT molecular complexity index is 1680. The highest BCUT2D eigenvalue weighted by atomic mass is 35.5. The second-order valence-electron chi connectivity index (χ2n) is 12.5. The SMILES string of the molecule is CC(c1c[nH]c2ccccc12)C(NC(=O)N1CCN(c2ccccc2F)CC1)C(=O)N1C[C@@H](CN(C)C)Cc2cc(Cl)ccc21. The summed E-state index contributed by atoms with van der Waals surface area (Å²) in [5, 5.41) is 4.81. The number of amides is 3. The summed E-state index contributed by atoms with van der Waals surface area (Å²) in [4.78, 5) is 39.6. The number of anilines is 2. The zero-order chi connectivity index (χ0) is 31.7. The third kappa shape index (κ3) is 6.51. The van der Waals surface area contributed by atoms with Gasteiger partial charge < -0.3 is 29.9 Å². The van der Waals surface area contributed by atoms with E-state index in [0.717, 1.165) is 40.7 Å². The number of aromatic nitrogens is 1. The molecule has 2 aliphatic heterocycles. The van der Waals surface area contributed by atoms with Crippen molar-refractivity contribution in [1.82, 2.24) is 20.1 Å². The Morgan fingerprint density at radius 3 is 2.51 bits per heavy atom. The quantitative estimate of drug-likeness (QED) is 0.274. The van der Waals surface area contributed by atoms with Gasteiger partial charge in [-0.2, -0.15) is 0 Å². The molecule has 3 aromatic carbocycles. The van der Waals surface area contributed by atoms with Crippen molar-refractivity contribution >= 4 is 45.8 Å². The number of benzene rings is 3. The van der Waals surface area contributed by atoms with Crippen molar-refractivity contribution in [2.75, 3.05) is 63.2 Å². The summed E-state index contributed by atoms with van der Waals surface area (Å²) in [5.41, 5.74) is 4.35. The molecule has 3 atom stereocenters. The highest BCUT2D eigenvalue weighted by Crippen LogP contribution is 2.35. The van der Waals surface area contributed by atoms with Gasteiger partial charge in [-0.15, -0.1) is 0 Å². The molecule has 4 aromatic rings. The lowest BCUT2D eigenvalue weighted by Crippen LogP contribution is -2.58. The lowest BCUT2D eigenvalue weighted by molar-refractivity contribution is -0.121. The first kappa shape index (κ1) is 30.9. The van der Waals surface area contributed by atoms with Gasteiger partial charge in [-0.3, -0.25) is 4.79 Å². The van der Waals surface area contributed by atoms with E-state index in [0.29, 0.717) is 43.4 Å². The van der Waals surface area contributed by atoms with Gasteiger partial charge in [0, 0.05) is 73.0 Å². The fourth-order valence-corrected chi connectivity index (χ4v) is 7.06. The predicted octanol–water partition coefficient (Wildman–Crippen LogP) is 5.73. The lowest BCUT2D eigenvalue weighted by Gasteiger charge is -2.40. The molecule has 1 aromatic heterocycles. The first-order valence-electron chi connectivity index (χ1n) is 15.5. The fraction of sp³-hybridized carbons (Fsp3) is 0.371. The summed E-state index contributed by atoms with van der Waals surface area (Å²) in [5.74, 6) is -0.550. The maximum absolute atomic E-state index is 14.7. The van der Waals surface area contributed by atoms with Gasteiger partial charge in [0.1, 0.15) is 11.9 Å². The molecule has 3 amide bonds. The second-order valence-corrected chi connectivity index (χ2v) is 12.9. The lowest BCUT2D eigenvalue weighted by atomic mass is 9.88. The Morgan fingerprint density at radius 2 is 1.76 bits per heavy atom. The van der Waals surface area contributed by atoms with Crippen LogP contribution in [-0.2, 0) is 11.2 Å². The highest BCUT2D eigenvalue weighted by Gasteiger charge is 2.38. The summed E-state index contributed by atoms with van der Waals surface area (Å²) in [6.45, 7) is 5.18. The summed E-state index contributed by atoms with van der Waals surface area (Å²) in [6.07, 6.45) is 2.76. The van der Waals surface area contributed by atoms with Crippen LogP contribution >= 0.6 is 11.6 Å². The summed E-state index contributed by atoms with van der Waals surface area (Å²) in [7, 11) is 4.07. The number of para-hydroxylation sites is 2. The number of halogens is 2. The van der Waals surface area contributed by atoms with Gasteiger partial charge in [0.15, 0.2) is 0 Å². The van der Waals surface area contributed by atoms with E-state index >= 15 is 0 Å². The number of fused-ring (bicyclic) bond motifs is 2. The van der Waals surface area contributed by atoms with E-state index in [1.165, 1.54) is 6.07 Å². The molecule has 0 aliphatic carbocycles. The molecular formula is C35H40ClFN6O2. The molecule has 2 aliphatic rings. The first-order valence-corrected chi connectivity index (χ1v) is 15.9. The molecule has 8 nitrogen and oxygen atoms in total. The van der Waals surface area contributed by atoms with Crippen LogP contribution in [0.15, 0.2) is 72.9 Å². The number of nitrogens with zero attached hydrogens (tertiary/aromatic N) is 4. The van der Waals surface area contributed by atoms with Gasteiger partial charge in [-0.05, 0) is 74.0 Å². The summed E-state index contributed by atoms with van der Waals surface area (Å²) < 4.78 is 14.4. The minimum Gasteiger partial charge on any atom is -0.366 e. The molecule has 236 valence electrons. The molecule has 0 spiro atoms. The molecule has 45 heavy (non-hydrogen) atoms. The van der Waals surface area contributed by atoms with Crippen LogP contribution in [-0.4, -0.2) is 86.1 Å². The summed E-state index contributed by atoms with van der Waals surface area (Å²) >= 11 is 6.40. The topological polar surface area (TPSA) is 74.9 Å². The molecule has 0 bridgehead atoms. The van der Waals surface area contributed by atoms with E-state index < -0.39 is 6.04 Å². The van der Waals surface area contributed by atoms with Crippen LogP contribution in [0.25, 0.3) is 10.9 Å². The number of piperazine rings is 1. The van der Waals surface area contributed by atoms with Crippen molar-refractivity contribution < 1.29 is 14.0 Å². The number of carbonyl (C=O) groups is 2. The van der Waals surface area contributed by atoms with E-state index in [2.05, 4.69) is 15.2 Å². The van der Waals surface area contributed by atoms with Gasteiger partial charge in [0.2, 0.25) is 5.91 Å². The molecule has 1 fully saturated rings. The molecule has 1 saturated heterocycles. The largest absolute Gasteiger partial charge is 0.366 e. The van der Waals surface area contributed by atoms with Crippen LogP contribution in [0.4, 0.5) is 20.6 Å². The second kappa shape index (κ2) is 13.1. The average Bonchev–Trinajstić information content (AvgIpc) is 3.47. The number of aromatic amines is 1. The van der Waals surface area contributed by atoms with Crippen molar-refractivity contribution in [1.29, 1.82) is 0 Å². The van der Waals surface area contributed by atoms with Crippen LogP contribution in [0.5, 0.6) is 0 Å². The number of urea groups is 1. The van der Waals surface area contributed by atoms with Crippen molar-refractivity contribution in [2.24, 2.45) is 5.92 Å². The third-order valence-corrected chi connectivity index (χ3v) is 9.32. The Kier molecular flexibility index (Phi) is 9.01. The van der Waals surface area contributed by atoms with E-state index in [-0.39, 0.29) is 29.6 Å². The molecule has 2 N–H and O–H groups in total. The van der Waals surface area contributed by atoms with Gasteiger partial charge in [0.25, 0.3) is 0 Å². The van der Waals surface area contributed by atoms with Crippen molar-refractivity contribution in [3.8, 4) is 0 Å². The minimum absolute atomic E-state index is 0.154. The van der Waals surface area contributed by atoms with Crippen LogP contribution < -0.4 is 15.1 Å². The Labute approximate surface area is 268 Å². The molecule has 0 radical (unpaired) electrons. The number of nitrogens with one attached hydrogen (secondary N) is 2. The Morgan fingerprint density at radius 1 is 1.02 bits per heavy atom. The third-order valence-electron chi connectivity index (χ3n) is 9.09. The fourth-order valence-electron chi connectivity index (χ4n) is 6.86. The van der Waals surface area contributed by atoms with Crippen LogP contribution in [0.3, 0.4) is 0 Å². The number of hydrogen-bond donors (Lipinski definition) is 2. The van der Waals surface area contributed by atoms with Crippen LogP contribution in [0.2, 0.25) is 5.02 Å². The zero-order valence-electron chi connectivity index (χ0n) is 26.0. The monoisotopic (exact) mass is 630 g/mol. The Hall–Kier alpha value is -4.08. The van der Waals surface area contributed by atoms with E-state index in [4.69, 9.17) is 11.6 Å². The van der Waals surface area contributed by atoms with Gasteiger partial charge in [0.05, 0.1) is 5.69 Å². The van der Waals surface area contributed by atoms with Gasteiger partial charge in [-0.1, -0.05) is 48.9 Å². The number of hydrogen-bond acceptors (Lipinski definition) is 4. The number of carbonyl (C=O) groups excluding carboxylic acids is 2. The molecule has 0 saturated carbocycles. The molecule has 2 unspecified atom stereocenters. The number of rotatable bonds is 7. The highest BCUT2D eigenvalue weighted by molar-refractivity contribution is 6.30. The van der Waals surface area contributed by atoms with E-state index in [9.17, 15) is 14.0 Å². The van der Waals surface area contributed by atoms with Gasteiger partial charge >= 0.3 is 6.03 Å². The smallest absolute Gasteiger partial charge is 0.318 e. The Balaban J connectivity index is 1.28. The maximum atomic E-state index is 14.7. The predicted molar refractivity (Wildman–Crippen MR) is 179 cm³/mol. The van der Waals surface area contributed by atoms with Crippen molar-refractivity contribution in [3.63, 3.8) is 0 Å². The molecule has 3 heterocycles. The van der Waals surface area contributed by atoms with Gasteiger partial charge in [-0.25, -0.2) is 9.18 Å². The number of H-pyrrole nitrogens is 1. The first-order chi connectivity index (χ1) is 21.7. The maximum Gasteiger partial charge on any atom is 0.318 e. The molecular weight excluding hydrogens is 591 g/mol.